The Bertz CT molecular complexity index is 130. The second-order valence-corrected chi connectivity index (χ2v) is 3.12. The summed E-state index contributed by atoms with van der Waals surface area (Å²) < 4.78 is 9.21. The van der Waals surface area contributed by atoms with E-state index in [-0.39, 0.29) is 18.5 Å². The largest absolute Gasteiger partial charge is 0.529 e. The Morgan fingerprint density at radius 1 is 1.82 bits per heavy atom. The third-order valence-electron chi connectivity index (χ3n) is 1.09. The molecule has 0 saturated carbocycles. The van der Waals surface area contributed by atoms with E-state index in [4.69, 9.17) is 9.68 Å². The predicted molar refractivity (Wildman–Crippen MR) is 49.1 cm³/mol. The van der Waals surface area contributed by atoms with Crippen molar-refractivity contribution in [3.63, 3.8) is 0 Å². The van der Waals surface area contributed by atoms with Crippen LogP contribution < -0.4 is 0 Å². The van der Waals surface area contributed by atoms with Gasteiger partial charge in [0.1, 0.15) is 0 Å². The Kier molecular flexibility index (Phi) is 5.88. The molecule has 64 valence electrons. The van der Waals surface area contributed by atoms with Gasteiger partial charge in [0.2, 0.25) is 0 Å². The van der Waals surface area contributed by atoms with Crippen LogP contribution in [0.15, 0.2) is 0 Å². The van der Waals surface area contributed by atoms with Crippen LogP contribution in [0.1, 0.15) is 6.92 Å². The van der Waals surface area contributed by atoms with Crippen LogP contribution in [0, 0.1) is 5.92 Å². The first-order chi connectivity index (χ1) is 5.07. The minimum absolute atomic E-state index is 0.177. The molecule has 11 heavy (non-hydrogen) atoms. The number of carbonyl (C=O) groups excluding carboxylic acids is 1. The van der Waals surface area contributed by atoms with Crippen molar-refractivity contribution in [2.75, 3.05) is 13.7 Å². The van der Waals surface area contributed by atoms with Crippen LogP contribution in [-0.4, -0.2) is 29.7 Å². The number of hydrogen-bond acceptors (Lipinski definition) is 4. The smallest absolute Gasteiger partial charge is 0.469 e. The average Bonchev–Trinajstić information content (AvgIpc) is 1.98. The molecule has 1 unspecified atom stereocenters. The average molecular weight is 272 g/mol. The topological polar surface area (TPSA) is 55.8 Å². The highest BCUT2D eigenvalue weighted by atomic mass is 127. The van der Waals surface area contributed by atoms with Gasteiger partial charge in [0, 0.05) is 6.61 Å². The van der Waals surface area contributed by atoms with Gasteiger partial charge in [0.05, 0.1) is 13.0 Å². The number of methoxy groups -OCH3 is 1. The van der Waals surface area contributed by atoms with Crippen molar-refractivity contribution in [3.05, 3.63) is 0 Å². The number of carbonyl (C=O) groups is 1. The number of rotatable bonds is 4. The molecule has 0 aromatic heterocycles. The lowest BCUT2D eigenvalue weighted by atomic mass is 10.2. The minimum atomic E-state index is -0.861. The Morgan fingerprint density at radius 3 is 2.73 bits per heavy atom. The molecule has 0 spiro atoms. The second-order valence-electron chi connectivity index (χ2n) is 2.05. The maximum Gasteiger partial charge on any atom is 0.529 e. The van der Waals surface area contributed by atoms with Crippen LogP contribution in [0.25, 0.3) is 0 Å². The van der Waals surface area contributed by atoms with Crippen molar-refractivity contribution >= 4 is 33.3 Å². The highest BCUT2D eigenvalue weighted by molar-refractivity contribution is 14.1. The first-order valence-corrected chi connectivity index (χ1v) is 4.34. The Labute approximate surface area is 79.3 Å². The van der Waals surface area contributed by atoms with Crippen molar-refractivity contribution in [1.82, 2.24) is 0 Å². The molecule has 0 aliphatic heterocycles. The SMILES string of the molecule is COC(=O)C(C)COB(O)I. The van der Waals surface area contributed by atoms with Gasteiger partial charge in [-0.1, -0.05) is 22.4 Å². The zero-order valence-electron chi connectivity index (χ0n) is 6.41. The molecule has 0 saturated heterocycles. The van der Waals surface area contributed by atoms with Gasteiger partial charge in [0.15, 0.2) is 0 Å². The van der Waals surface area contributed by atoms with E-state index in [0.717, 1.165) is 0 Å². The number of halogens is 1. The molecule has 0 rings (SSSR count). The fourth-order valence-electron chi connectivity index (χ4n) is 0.493. The summed E-state index contributed by atoms with van der Waals surface area (Å²) in [5.74, 6) is -0.661. The van der Waals surface area contributed by atoms with Crippen LogP contribution in [-0.2, 0) is 14.2 Å². The van der Waals surface area contributed by atoms with Gasteiger partial charge in [-0.05, 0) is 6.92 Å². The Hall–Kier alpha value is 0.185. The standard InChI is InChI=1S/C5H10BIO4/c1-4(5(8)10-2)3-11-6(7)9/h4,9H,3H2,1-2H3. The summed E-state index contributed by atoms with van der Waals surface area (Å²) in [5, 5.41) is 8.67. The van der Waals surface area contributed by atoms with Crippen LogP contribution in [0.4, 0.5) is 0 Å². The van der Waals surface area contributed by atoms with Crippen LogP contribution >= 0.6 is 22.4 Å². The van der Waals surface area contributed by atoms with E-state index in [9.17, 15) is 4.79 Å². The van der Waals surface area contributed by atoms with Crippen LogP contribution in [0.5, 0.6) is 0 Å². The molecule has 0 bridgehead atoms. The molecule has 0 aromatic rings. The molecule has 1 atom stereocenters. The first-order valence-electron chi connectivity index (χ1n) is 3.09. The predicted octanol–water partition coefficient (Wildman–Crippen LogP) is 0.224. The molecule has 0 fully saturated rings. The zero-order valence-corrected chi connectivity index (χ0v) is 8.57. The van der Waals surface area contributed by atoms with Crippen LogP contribution in [0.2, 0.25) is 0 Å². The molecular formula is C5H10BIO4. The molecule has 0 aromatic carbocycles. The lowest BCUT2D eigenvalue weighted by Gasteiger charge is -2.08. The van der Waals surface area contributed by atoms with E-state index in [2.05, 4.69) is 4.74 Å². The van der Waals surface area contributed by atoms with Crippen molar-refractivity contribution in [2.45, 2.75) is 6.92 Å². The zero-order chi connectivity index (χ0) is 8.85. The highest BCUT2D eigenvalue weighted by Gasteiger charge is 2.16. The van der Waals surface area contributed by atoms with Gasteiger partial charge < -0.3 is 14.4 Å². The van der Waals surface area contributed by atoms with Gasteiger partial charge in [-0.15, -0.1) is 0 Å². The van der Waals surface area contributed by atoms with Gasteiger partial charge in [-0.2, -0.15) is 0 Å². The second kappa shape index (κ2) is 5.79. The number of ether oxygens (including phenoxy) is 1. The summed E-state index contributed by atoms with van der Waals surface area (Å²) in [6.45, 7) is 1.85. The molecule has 1 N–H and O–H groups in total. The lowest BCUT2D eigenvalue weighted by Crippen LogP contribution is -2.22. The fourth-order valence-corrected chi connectivity index (χ4v) is 0.701. The van der Waals surface area contributed by atoms with Crippen molar-refractivity contribution in [2.24, 2.45) is 5.92 Å². The quantitative estimate of drug-likeness (QED) is 0.452. The summed E-state index contributed by atoms with van der Waals surface area (Å²) in [6, 6.07) is 0. The van der Waals surface area contributed by atoms with Crippen molar-refractivity contribution in [3.8, 4) is 0 Å². The molecule has 0 heterocycles. The summed E-state index contributed by atoms with van der Waals surface area (Å²) in [7, 11) is 1.32. The first kappa shape index (κ1) is 11.2. The van der Waals surface area contributed by atoms with E-state index in [1.807, 2.05) is 0 Å². The van der Waals surface area contributed by atoms with Gasteiger partial charge in [-0.25, -0.2) is 0 Å². The van der Waals surface area contributed by atoms with E-state index in [1.54, 1.807) is 29.3 Å². The van der Waals surface area contributed by atoms with E-state index >= 15 is 0 Å². The molecule has 4 nitrogen and oxygen atoms in total. The van der Waals surface area contributed by atoms with Gasteiger partial charge in [0.25, 0.3) is 0 Å². The van der Waals surface area contributed by atoms with Crippen LogP contribution in [0.3, 0.4) is 0 Å². The van der Waals surface area contributed by atoms with Gasteiger partial charge in [-0.3, -0.25) is 4.79 Å². The third-order valence-corrected chi connectivity index (χ3v) is 1.45. The van der Waals surface area contributed by atoms with Crippen molar-refractivity contribution in [1.29, 1.82) is 0 Å². The summed E-state index contributed by atoms with van der Waals surface area (Å²) >= 11 is 1.69. The molecule has 0 aliphatic rings. The van der Waals surface area contributed by atoms with Crippen molar-refractivity contribution < 1.29 is 19.2 Å². The fraction of sp³-hybridized carbons (Fsp3) is 0.800. The number of hydrogen-bond donors (Lipinski definition) is 1. The monoisotopic (exact) mass is 272 g/mol. The maximum absolute atomic E-state index is 10.7. The lowest BCUT2D eigenvalue weighted by molar-refractivity contribution is -0.145. The highest BCUT2D eigenvalue weighted by Crippen LogP contribution is 2.01. The van der Waals surface area contributed by atoms with E-state index < -0.39 is 4.97 Å². The summed E-state index contributed by atoms with van der Waals surface area (Å²) in [5.41, 5.74) is 0. The minimum Gasteiger partial charge on any atom is -0.469 e. The molecular weight excluding hydrogens is 262 g/mol. The molecule has 6 heteroatoms. The Morgan fingerprint density at radius 2 is 2.36 bits per heavy atom. The summed E-state index contributed by atoms with van der Waals surface area (Å²) in [6.07, 6.45) is 0. The van der Waals surface area contributed by atoms with E-state index in [0.29, 0.717) is 0 Å². The maximum atomic E-state index is 10.7. The van der Waals surface area contributed by atoms with Gasteiger partial charge >= 0.3 is 10.9 Å². The normalized spacial score (nSPS) is 12.4. The number of esters is 1. The molecule has 0 aliphatic carbocycles. The Balaban J connectivity index is 3.52. The van der Waals surface area contributed by atoms with E-state index in [1.165, 1.54) is 7.11 Å². The molecule has 0 amide bonds. The summed E-state index contributed by atoms with van der Waals surface area (Å²) in [4.78, 5) is 9.88. The molecule has 0 radical (unpaired) electrons. The third kappa shape index (κ3) is 5.45.